The first-order valence-electron chi connectivity index (χ1n) is 9.51. The smallest absolute Gasteiger partial charge is 0.256 e. The van der Waals surface area contributed by atoms with Gasteiger partial charge in [-0.1, -0.05) is 24.3 Å². The highest BCUT2D eigenvalue weighted by atomic mass is 16.6. The van der Waals surface area contributed by atoms with Crippen molar-refractivity contribution in [2.75, 3.05) is 32.6 Å². The van der Waals surface area contributed by atoms with Crippen LogP contribution in [0.2, 0.25) is 0 Å². The fraction of sp³-hybridized carbons (Fsp3) is 0.381. The van der Waals surface area contributed by atoms with Gasteiger partial charge in [0.2, 0.25) is 0 Å². The summed E-state index contributed by atoms with van der Waals surface area (Å²) < 4.78 is 11.0. The maximum Gasteiger partial charge on any atom is 0.256 e. The van der Waals surface area contributed by atoms with Crippen LogP contribution in [0.25, 0.3) is 0 Å². The second-order valence-corrected chi connectivity index (χ2v) is 7.33. The summed E-state index contributed by atoms with van der Waals surface area (Å²) >= 11 is 0. The Balaban J connectivity index is 1.84. The van der Waals surface area contributed by atoms with Crippen molar-refractivity contribution in [1.82, 2.24) is 4.90 Å². The Bertz CT molecular complexity index is 979. The number of benzene rings is 2. The number of rotatable bonds is 5. The van der Waals surface area contributed by atoms with Crippen molar-refractivity contribution in [3.63, 3.8) is 0 Å². The number of likely N-dealkylation sites (tertiary alicyclic amines) is 1. The van der Waals surface area contributed by atoms with Crippen LogP contribution in [0.1, 0.15) is 24.0 Å². The summed E-state index contributed by atoms with van der Waals surface area (Å²) in [5, 5.41) is 15.2. The summed E-state index contributed by atoms with van der Waals surface area (Å²) in [4.78, 5) is 26.9. The van der Waals surface area contributed by atoms with Gasteiger partial charge in [0.25, 0.3) is 11.9 Å². The number of anilines is 1. The normalized spacial score (nSPS) is 25.7. The highest BCUT2D eigenvalue weighted by Gasteiger charge is 2.68. The second-order valence-electron chi connectivity index (χ2n) is 7.33. The maximum atomic E-state index is 13.1. The largest absolute Gasteiger partial charge is 0.493 e. The third-order valence-electron chi connectivity index (χ3n) is 5.96. The van der Waals surface area contributed by atoms with Gasteiger partial charge >= 0.3 is 0 Å². The Hall–Kier alpha value is -3.13. The average Bonchev–Trinajstić information content (AvgIpc) is 3.18. The first kappa shape index (κ1) is 19.2. The standard InChI is InChI=1S/C21H23N3O5/c1-4-29-17-10-9-13(11-18(17)28-3)14-12-23(2)21(19(14)24(26)27)15-7-5-6-8-16(15)22-20(21)25/h5-11,14,19H,4,12H2,1-3H3,(H,22,25)/t14-,19+,21-/m0/s1. The van der Waals surface area contributed by atoms with Crippen molar-refractivity contribution < 1.29 is 19.2 Å². The van der Waals surface area contributed by atoms with Crippen LogP contribution in [0.15, 0.2) is 42.5 Å². The van der Waals surface area contributed by atoms with E-state index in [1.807, 2.05) is 19.1 Å². The lowest BCUT2D eigenvalue weighted by atomic mass is 9.79. The lowest BCUT2D eigenvalue weighted by Crippen LogP contribution is -2.54. The van der Waals surface area contributed by atoms with E-state index in [0.29, 0.717) is 35.9 Å². The van der Waals surface area contributed by atoms with E-state index in [-0.39, 0.29) is 10.8 Å². The molecule has 1 fully saturated rings. The molecule has 8 heteroatoms. The summed E-state index contributed by atoms with van der Waals surface area (Å²) in [7, 11) is 3.31. The Morgan fingerprint density at radius 1 is 1.28 bits per heavy atom. The SMILES string of the molecule is CCOc1ccc([C@@H]2CN(C)[C@]3(C(=O)Nc4ccccc43)[C@@H]2[N+](=O)[O-])cc1OC. The van der Waals surface area contributed by atoms with Gasteiger partial charge in [0, 0.05) is 22.7 Å². The molecule has 3 atom stereocenters. The van der Waals surface area contributed by atoms with E-state index >= 15 is 0 Å². The lowest BCUT2D eigenvalue weighted by Gasteiger charge is -2.30. The van der Waals surface area contributed by atoms with Crippen LogP contribution >= 0.6 is 0 Å². The van der Waals surface area contributed by atoms with Gasteiger partial charge in [0.15, 0.2) is 17.0 Å². The summed E-state index contributed by atoms with van der Waals surface area (Å²) in [6.07, 6.45) is 0. The van der Waals surface area contributed by atoms with E-state index in [9.17, 15) is 14.9 Å². The Labute approximate surface area is 168 Å². The molecule has 0 radical (unpaired) electrons. The summed E-state index contributed by atoms with van der Waals surface area (Å²) in [6.45, 7) is 2.73. The molecule has 0 aromatic heterocycles. The number of nitrogens with one attached hydrogen (secondary N) is 1. The van der Waals surface area contributed by atoms with Crippen LogP contribution in [-0.2, 0) is 10.3 Å². The number of carbonyl (C=O) groups is 1. The molecule has 1 N–H and O–H groups in total. The van der Waals surface area contributed by atoms with Crippen LogP contribution in [0.5, 0.6) is 11.5 Å². The number of carbonyl (C=O) groups excluding carboxylic acids is 1. The Morgan fingerprint density at radius 3 is 2.72 bits per heavy atom. The molecule has 4 rings (SSSR count). The van der Waals surface area contributed by atoms with Crippen molar-refractivity contribution in [2.24, 2.45) is 0 Å². The number of methoxy groups -OCH3 is 1. The number of hydrogen-bond acceptors (Lipinski definition) is 6. The number of ether oxygens (including phenoxy) is 2. The van der Waals surface area contributed by atoms with Gasteiger partial charge in [0.05, 0.1) is 19.6 Å². The topological polar surface area (TPSA) is 93.9 Å². The van der Waals surface area contributed by atoms with Crippen molar-refractivity contribution in [3.8, 4) is 11.5 Å². The number of likely N-dealkylation sites (N-methyl/N-ethyl adjacent to an activating group) is 1. The van der Waals surface area contributed by atoms with Gasteiger partial charge in [-0.3, -0.25) is 19.8 Å². The lowest BCUT2D eigenvalue weighted by molar-refractivity contribution is -0.534. The van der Waals surface area contributed by atoms with Crippen LogP contribution < -0.4 is 14.8 Å². The minimum absolute atomic E-state index is 0.321. The molecule has 1 saturated heterocycles. The summed E-state index contributed by atoms with van der Waals surface area (Å²) in [5.41, 5.74) is 0.667. The zero-order valence-corrected chi connectivity index (χ0v) is 16.5. The van der Waals surface area contributed by atoms with E-state index in [4.69, 9.17) is 9.47 Å². The molecule has 29 heavy (non-hydrogen) atoms. The summed E-state index contributed by atoms with van der Waals surface area (Å²) in [5.74, 6) is 0.257. The third kappa shape index (κ3) is 2.66. The first-order chi connectivity index (χ1) is 13.9. The van der Waals surface area contributed by atoms with Crippen molar-refractivity contribution in [2.45, 2.75) is 24.4 Å². The predicted molar refractivity (Wildman–Crippen MR) is 107 cm³/mol. The van der Waals surface area contributed by atoms with Crippen molar-refractivity contribution >= 4 is 11.6 Å². The van der Waals surface area contributed by atoms with Gasteiger partial charge < -0.3 is 14.8 Å². The van der Waals surface area contributed by atoms with E-state index in [1.54, 1.807) is 42.3 Å². The van der Waals surface area contributed by atoms with Gasteiger partial charge in [-0.15, -0.1) is 0 Å². The van der Waals surface area contributed by atoms with Crippen molar-refractivity contribution in [1.29, 1.82) is 0 Å². The molecule has 1 amide bonds. The minimum atomic E-state index is -1.35. The van der Waals surface area contributed by atoms with Crippen LogP contribution in [-0.4, -0.2) is 49.1 Å². The molecule has 2 aliphatic rings. The molecule has 1 spiro atoms. The monoisotopic (exact) mass is 397 g/mol. The van der Waals surface area contributed by atoms with Crippen LogP contribution in [0.4, 0.5) is 5.69 Å². The fourth-order valence-corrected chi connectivity index (χ4v) is 4.77. The molecule has 2 heterocycles. The number of nitro groups is 1. The molecule has 2 aliphatic heterocycles. The third-order valence-corrected chi connectivity index (χ3v) is 5.96. The van der Waals surface area contributed by atoms with Gasteiger partial charge in [-0.25, -0.2) is 0 Å². The average molecular weight is 397 g/mol. The van der Waals surface area contributed by atoms with Gasteiger partial charge in [0.1, 0.15) is 0 Å². The number of para-hydroxylation sites is 1. The maximum absolute atomic E-state index is 13.1. The molecule has 0 aliphatic carbocycles. The Morgan fingerprint density at radius 2 is 2.03 bits per heavy atom. The van der Waals surface area contributed by atoms with E-state index in [1.165, 1.54) is 7.11 Å². The highest BCUT2D eigenvalue weighted by Crippen LogP contribution is 2.52. The van der Waals surface area contributed by atoms with Crippen LogP contribution in [0.3, 0.4) is 0 Å². The zero-order valence-electron chi connectivity index (χ0n) is 16.5. The molecule has 2 aromatic carbocycles. The summed E-state index contributed by atoms with van der Waals surface area (Å²) in [6, 6.07) is 11.4. The van der Waals surface area contributed by atoms with Crippen LogP contribution in [0, 0.1) is 10.1 Å². The Kier molecular flexibility index (Phi) is 4.66. The quantitative estimate of drug-likeness (QED) is 0.616. The number of fused-ring (bicyclic) bond motifs is 2. The number of hydrogen-bond donors (Lipinski definition) is 1. The van der Waals surface area contributed by atoms with Gasteiger partial charge in [-0.2, -0.15) is 0 Å². The molecule has 8 nitrogen and oxygen atoms in total. The van der Waals surface area contributed by atoms with Gasteiger partial charge in [-0.05, 0) is 37.7 Å². The number of amides is 1. The molecule has 2 aromatic rings. The molecule has 0 unspecified atom stereocenters. The molecular formula is C21H23N3O5. The highest BCUT2D eigenvalue weighted by molar-refractivity contribution is 6.06. The fourth-order valence-electron chi connectivity index (χ4n) is 4.77. The molecular weight excluding hydrogens is 374 g/mol. The van der Waals surface area contributed by atoms with E-state index < -0.39 is 17.5 Å². The predicted octanol–water partition coefficient (Wildman–Crippen LogP) is 2.62. The van der Waals surface area contributed by atoms with E-state index in [0.717, 1.165) is 5.56 Å². The van der Waals surface area contributed by atoms with Crippen molar-refractivity contribution in [3.05, 3.63) is 63.7 Å². The second kappa shape index (κ2) is 7.04. The molecule has 152 valence electrons. The number of nitrogens with zero attached hydrogens (tertiary/aromatic N) is 2. The van der Waals surface area contributed by atoms with E-state index in [2.05, 4.69) is 5.32 Å². The zero-order chi connectivity index (χ0) is 20.8. The first-order valence-corrected chi connectivity index (χ1v) is 9.51. The minimum Gasteiger partial charge on any atom is -0.493 e. The molecule has 0 bridgehead atoms. The molecule has 0 saturated carbocycles.